The molecule has 0 bridgehead atoms. The Morgan fingerprint density at radius 1 is 1.37 bits per heavy atom. The monoisotopic (exact) mass is 368 g/mol. The largest absolute Gasteiger partial charge is 0.463 e. The van der Waals surface area contributed by atoms with Gasteiger partial charge in [0.05, 0.1) is 12.0 Å². The van der Waals surface area contributed by atoms with Crippen molar-refractivity contribution in [2.75, 3.05) is 6.54 Å². The van der Waals surface area contributed by atoms with Gasteiger partial charge in [-0.2, -0.15) is 0 Å². The van der Waals surface area contributed by atoms with E-state index in [4.69, 9.17) is 15.9 Å². The van der Waals surface area contributed by atoms with E-state index in [2.05, 4.69) is 15.3 Å². The molecule has 3 heterocycles. The van der Waals surface area contributed by atoms with Gasteiger partial charge in [-0.15, -0.1) is 0 Å². The van der Waals surface area contributed by atoms with Crippen molar-refractivity contribution >= 4 is 17.5 Å². The molecule has 5 N–H and O–H groups in total. The van der Waals surface area contributed by atoms with Crippen LogP contribution in [0.25, 0.3) is 17.1 Å². The van der Waals surface area contributed by atoms with Crippen LogP contribution in [0.15, 0.2) is 35.2 Å². The van der Waals surface area contributed by atoms with E-state index in [1.54, 1.807) is 22.6 Å². The first-order valence-electron chi connectivity index (χ1n) is 8.81. The fraction of sp³-hybridized carbons (Fsp3) is 0.333. The quantitative estimate of drug-likeness (QED) is 0.612. The number of nitrogens with two attached hydrogens (primary N) is 2. The summed E-state index contributed by atoms with van der Waals surface area (Å²) in [6.45, 7) is 0.531. The van der Waals surface area contributed by atoms with Gasteiger partial charge >= 0.3 is 0 Å². The van der Waals surface area contributed by atoms with Crippen molar-refractivity contribution in [3.63, 3.8) is 0 Å². The van der Waals surface area contributed by atoms with Crippen molar-refractivity contribution < 1.29 is 14.0 Å². The van der Waals surface area contributed by atoms with Gasteiger partial charge < -0.3 is 21.2 Å². The molecule has 0 spiro atoms. The Kier molecular flexibility index (Phi) is 4.36. The molecule has 9 heteroatoms. The molecule has 140 valence electrons. The number of nitrogens with zero attached hydrogens (tertiary/aromatic N) is 3. The molecule has 0 aliphatic heterocycles. The van der Waals surface area contributed by atoms with Crippen LogP contribution in [0.3, 0.4) is 0 Å². The SMILES string of the molecule is NCC1CCCC1NC(=O)c1cc(-c2ccco2)n2cnc(C(N)=O)c2n1. The molecule has 4 rings (SSSR count). The van der Waals surface area contributed by atoms with E-state index >= 15 is 0 Å². The molecule has 1 fully saturated rings. The zero-order chi connectivity index (χ0) is 19.0. The van der Waals surface area contributed by atoms with Crippen LogP contribution in [0.4, 0.5) is 0 Å². The van der Waals surface area contributed by atoms with Crippen LogP contribution < -0.4 is 16.8 Å². The van der Waals surface area contributed by atoms with Crippen LogP contribution in [0.2, 0.25) is 0 Å². The van der Waals surface area contributed by atoms with Crippen LogP contribution in [-0.2, 0) is 0 Å². The fourth-order valence-corrected chi connectivity index (χ4v) is 3.63. The van der Waals surface area contributed by atoms with Crippen molar-refractivity contribution in [1.82, 2.24) is 19.7 Å². The predicted molar refractivity (Wildman–Crippen MR) is 96.9 cm³/mol. The third-order valence-electron chi connectivity index (χ3n) is 5.02. The molecule has 0 saturated heterocycles. The van der Waals surface area contributed by atoms with Gasteiger partial charge in [0.15, 0.2) is 17.1 Å². The van der Waals surface area contributed by atoms with Gasteiger partial charge in [-0.25, -0.2) is 9.97 Å². The molecule has 2 amide bonds. The second-order valence-corrected chi connectivity index (χ2v) is 6.66. The lowest BCUT2D eigenvalue weighted by Crippen LogP contribution is -2.40. The fourth-order valence-electron chi connectivity index (χ4n) is 3.63. The Morgan fingerprint density at radius 2 is 2.22 bits per heavy atom. The zero-order valence-electron chi connectivity index (χ0n) is 14.6. The second-order valence-electron chi connectivity index (χ2n) is 6.66. The molecule has 27 heavy (non-hydrogen) atoms. The lowest BCUT2D eigenvalue weighted by Gasteiger charge is -2.19. The Bertz CT molecular complexity index is 994. The molecular weight excluding hydrogens is 348 g/mol. The van der Waals surface area contributed by atoms with Gasteiger partial charge in [0, 0.05) is 6.04 Å². The summed E-state index contributed by atoms with van der Waals surface area (Å²) in [5.41, 5.74) is 12.1. The Labute approximate surface area is 154 Å². The standard InChI is InChI=1S/C18H20N6O3/c19-8-10-3-1-4-11(10)23-18(26)12-7-13(14-5-2-6-27-14)24-9-21-15(16(20)25)17(24)22-12/h2,5-7,9-11H,1,3-4,8,19H2,(H2,20,25)(H,23,26). The van der Waals surface area contributed by atoms with Crippen molar-refractivity contribution in [3.05, 3.63) is 42.2 Å². The van der Waals surface area contributed by atoms with E-state index in [0.717, 1.165) is 19.3 Å². The molecule has 1 aliphatic carbocycles. The minimum absolute atomic E-state index is 0.00171. The van der Waals surface area contributed by atoms with E-state index in [-0.39, 0.29) is 34.9 Å². The van der Waals surface area contributed by atoms with Gasteiger partial charge in [0.1, 0.15) is 12.0 Å². The Balaban J connectivity index is 1.77. The number of nitrogens with one attached hydrogen (secondary N) is 1. The number of hydrogen-bond acceptors (Lipinski definition) is 6. The molecule has 0 radical (unpaired) electrons. The van der Waals surface area contributed by atoms with Gasteiger partial charge in [0.2, 0.25) is 0 Å². The highest BCUT2D eigenvalue weighted by Gasteiger charge is 2.28. The first-order chi connectivity index (χ1) is 13.1. The zero-order valence-corrected chi connectivity index (χ0v) is 14.6. The van der Waals surface area contributed by atoms with E-state index in [0.29, 0.717) is 18.0 Å². The number of rotatable bonds is 5. The average molecular weight is 368 g/mol. The topological polar surface area (TPSA) is 142 Å². The van der Waals surface area contributed by atoms with Crippen LogP contribution in [-0.4, -0.2) is 38.8 Å². The summed E-state index contributed by atoms with van der Waals surface area (Å²) in [5.74, 6) is -0.261. The number of carbonyl (C=O) groups excluding carboxylic acids is 2. The highest BCUT2D eigenvalue weighted by atomic mass is 16.3. The highest BCUT2D eigenvalue weighted by molar-refractivity contribution is 5.99. The molecule has 1 saturated carbocycles. The van der Waals surface area contributed by atoms with Crippen LogP contribution in [0.1, 0.15) is 40.2 Å². The van der Waals surface area contributed by atoms with E-state index < -0.39 is 5.91 Å². The summed E-state index contributed by atoms with van der Waals surface area (Å²) < 4.78 is 7.04. The minimum Gasteiger partial charge on any atom is -0.463 e. The maximum Gasteiger partial charge on any atom is 0.271 e. The van der Waals surface area contributed by atoms with Crippen molar-refractivity contribution in [1.29, 1.82) is 0 Å². The summed E-state index contributed by atoms with van der Waals surface area (Å²) in [7, 11) is 0. The number of hydrogen-bond donors (Lipinski definition) is 3. The Morgan fingerprint density at radius 3 is 2.93 bits per heavy atom. The molecular formula is C18H20N6O3. The van der Waals surface area contributed by atoms with Crippen molar-refractivity contribution in [3.8, 4) is 11.5 Å². The predicted octanol–water partition coefficient (Wildman–Crippen LogP) is 0.945. The highest BCUT2D eigenvalue weighted by Crippen LogP contribution is 2.26. The molecule has 0 aromatic carbocycles. The number of amides is 2. The first kappa shape index (κ1) is 17.2. The molecule has 3 aromatic rings. The number of imidazole rings is 1. The van der Waals surface area contributed by atoms with Crippen molar-refractivity contribution in [2.45, 2.75) is 25.3 Å². The molecule has 2 unspecified atom stereocenters. The minimum atomic E-state index is -0.716. The van der Waals surface area contributed by atoms with Gasteiger partial charge in [-0.1, -0.05) is 6.42 Å². The Hall–Kier alpha value is -3.20. The molecule has 1 aliphatic rings. The summed E-state index contributed by atoms with van der Waals surface area (Å²) in [4.78, 5) is 32.9. The third-order valence-corrected chi connectivity index (χ3v) is 5.02. The van der Waals surface area contributed by atoms with Gasteiger partial charge in [0.25, 0.3) is 11.8 Å². The average Bonchev–Trinajstić information content (AvgIpc) is 3.40. The van der Waals surface area contributed by atoms with Crippen LogP contribution in [0, 0.1) is 5.92 Å². The first-order valence-corrected chi connectivity index (χ1v) is 8.81. The lowest BCUT2D eigenvalue weighted by molar-refractivity contribution is 0.0922. The number of aromatic nitrogens is 3. The number of furan rings is 1. The maximum atomic E-state index is 12.8. The van der Waals surface area contributed by atoms with E-state index in [1.807, 2.05) is 0 Å². The number of carbonyl (C=O) groups is 2. The molecule has 2 atom stereocenters. The third kappa shape index (κ3) is 3.06. The smallest absolute Gasteiger partial charge is 0.271 e. The number of primary amides is 1. The summed E-state index contributed by atoms with van der Waals surface area (Å²) in [5, 5.41) is 3.02. The summed E-state index contributed by atoms with van der Waals surface area (Å²) >= 11 is 0. The van der Waals surface area contributed by atoms with E-state index in [1.165, 1.54) is 12.6 Å². The molecule has 9 nitrogen and oxygen atoms in total. The van der Waals surface area contributed by atoms with Crippen molar-refractivity contribution in [2.24, 2.45) is 17.4 Å². The summed E-state index contributed by atoms with van der Waals surface area (Å²) in [6, 6.07) is 5.12. The van der Waals surface area contributed by atoms with Crippen LogP contribution >= 0.6 is 0 Å². The van der Waals surface area contributed by atoms with Gasteiger partial charge in [-0.3, -0.25) is 14.0 Å². The number of fused-ring (bicyclic) bond motifs is 1. The van der Waals surface area contributed by atoms with E-state index in [9.17, 15) is 9.59 Å². The van der Waals surface area contributed by atoms with Gasteiger partial charge in [-0.05, 0) is 43.5 Å². The van der Waals surface area contributed by atoms with Crippen LogP contribution in [0.5, 0.6) is 0 Å². The summed E-state index contributed by atoms with van der Waals surface area (Å²) in [6.07, 6.45) is 5.88. The maximum absolute atomic E-state index is 12.8. The second kappa shape index (κ2) is 6.84. The normalized spacial score (nSPS) is 19.4. The molecule has 3 aromatic heterocycles. The lowest BCUT2D eigenvalue weighted by atomic mass is 10.0.